The predicted molar refractivity (Wildman–Crippen MR) is 94.0 cm³/mol. The number of benzene rings is 1. The third kappa shape index (κ3) is 3.14. The fourth-order valence-electron chi connectivity index (χ4n) is 4.98. The quantitative estimate of drug-likeness (QED) is 0.924. The van der Waals surface area contributed by atoms with Crippen LogP contribution in [0.2, 0.25) is 0 Å². The van der Waals surface area contributed by atoms with Gasteiger partial charge in [-0.15, -0.1) is 0 Å². The molecule has 1 N–H and O–H groups in total. The van der Waals surface area contributed by atoms with Gasteiger partial charge in [-0.3, -0.25) is 4.90 Å². The maximum atomic E-state index is 6.54. The summed E-state index contributed by atoms with van der Waals surface area (Å²) in [6.07, 6.45) is 9.66. The van der Waals surface area contributed by atoms with Gasteiger partial charge in [0.15, 0.2) is 0 Å². The first-order valence-corrected chi connectivity index (χ1v) is 9.54. The van der Waals surface area contributed by atoms with E-state index < -0.39 is 0 Å². The van der Waals surface area contributed by atoms with Crippen molar-refractivity contribution in [1.82, 2.24) is 10.2 Å². The SMILES string of the molecule is Cc1ccccc1O[C@H]1CCCC[C@H]1N1CCN[C@@H]2CCC[C@@H]21. The molecule has 23 heavy (non-hydrogen) atoms. The van der Waals surface area contributed by atoms with Crippen molar-refractivity contribution in [2.75, 3.05) is 13.1 Å². The minimum absolute atomic E-state index is 0.365. The van der Waals surface area contributed by atoms with Gasteiger partial charge < -0.3 is 10.1 Å². The molecule has 0 aromatic heterocycles. The molecule has 0 amide bonds. The Morgan fingerprint density at radius 3 is 2.74 bits per heavy atom. The molecular formula is C20H30N2O. The monoisotopic (exact) mass is 314 g/mol. The van der Waals surface area contributed by atoms with Gasteiger partial charge in [0, 0.05) is 31.2 Å². The summed E-state index contributed by atoms with van der Waals surface area (Å²) < 4.78 is 6.54. The van der Waals surface area contributed by atoms with Gasteiger partial charge in [-0.1, -0.05) is 31.0 Å². The Balaban J connectivity index is 1.52. The molecule has 2 saturated carbocycles. The van der Waals surface area contributed by atoms with Crippen molar-refractivity contribution in [2.45, 2.75) is 76.1 Å². The smallest absolute Gasteiger partial charge is 0.122 e. The molecule has 2 aliphatic carbocycles. The average Bonchev–Trinajstić information content (AvgIpc) is 3.06. The average molecular weight is 314 g/mol. The third-order valence-corrected chi connectivity index (χ3v) is 6.15. The van der Waals surface area contributed by atoms with Crippen LogP contribution in [-0.4, -0.2) is 42.2 Å². The topological polar surface area (TPSA) is 24.5 Å². The Kier molecular flexibility index (Phi) is 4.59. The van der Waals surface area contributed by atoms with Crippen LogP contribution >= 0.6 is 0 Å². The zero-order chi connectivity index (χ0) is 15.6. The number of fused-ring (bicyclic) bond motifs is 1. The molecule has 126 valence electrons. The minimum atomic E-state index is 0.365. The maximum Gasteiger partial charge on any atom is 0.122 e. The number of nitrogens with zero attached hydrogens (tertiary/aromatic N) is 1. The molecule has 1 heterocycles. The molecule has 3 nitrogen and oxygen atoms in total. The molecule has 1 saturated heterocycles. The van der Waals surface area contributed by atoms with E-state index in [1.807, 2.05) is 0 Å². The van der Waals surface area contributed by atoms with Crippen molar-refractivity contribution in [1.29, 1.82) is 0 Å². The largest absolute Gasteiger partial charge is 0.489 e. The van der Waals surface area contributed by atoms with E-state index in [4.69, 9.17) is 4.74 Å². The summed E-state index contributed by atoms with van der Waals surface area (Å²) in [6, 6.07) is 10.6. The van der Waals surface area contributed by atoms with Crippen LogP contribution in [0.3, 0.4) is 0 Å². The van der Waals surface area contributed by atoms with Gasteiger partial charge in [-0.2, -0.15) is 0 Å². The minimum Gasteiger partial charge on any atom is -0.489 e. The highest BCUT2D eigenvalue weighted by atomic mass is 16.5. The van der Waals surface area contributed by atoms with E-state index in [1.165, 1.54) is 57.1 Å². The molecule has 3 heteroatoms. The molecule has 3 aliphatic rings. The van der Waals surface area contributed by atoms with E-state index in [2.05, 4.69) is 41.4 Å². The number of ether oxygens (including phenoxy) is 1. The summed E-state index contributed by atoms with van der Waals surface area (Å²) in [5, 5.41) is 3.74. The second-order valence-electron chi connectivity index (χ2n) is 7.57. The second-order valence-corrected chi connectivity index (χ2v) is 7.57. The third-order valence-electron chi connectivity index (χ3n) is 6.15. The molecule has 0 bridgehead atoms. The molecule has 4 atom stereocenters. The summed E-state index contributed by atoms with van der Waals surface area (Å²) in [7, 11) is 0. The Bertz CT molecular complexity index is 532. The predicted octanol–water partition coefficient (Wildman–Crippen LogP) is 3.51. The fourth-order valence-corrected chi connectivity index (χ4v) is 4.98. The molecule has 3 fully saturated rings. The van der Waals surface area contributed by atoms with Gasteiger partial charge in [-0.25, -0.2) is 0 Å². The highest BCUT2D eigenvalue weighted by molar-refractivity contribution is 5.32. The first-order chi connectivity index (χ1) is 11.3. The Hall–Kier alpha value is -1.06. The Morgan fingerprint density at radius 1 is 1.00 bits per heavy atom. The first kappa shape index (κ1) is 15.5. The van der Waals surface area contributed by atoms with Gasteiger partial charge in [-0.05, 0) is 50.7 Å². The van der Waals surface area contributed by atoms with Crippen LogP contribution in [-0.2, 0) is 0 Å². The van der Waals surface area contributed by atoms with Gasteiger partial charge >= 0.3 is 0 Å². The van der Waals surface area contributed by atoms with Crippen LogP contribution in [0, 0.1) is 6.92 Å². The number of nitrogens with one attached hydrogen (secondary N) is 1. The normalized spacial score (nSPS) is 35.0. The lowest BCUT2D eigenvalue weighted by atomic mass is 9.88. The Morgan fingerprint density at radius 2 is 1.83 bits per heavy atom. The second kappa shape index (κ2) is 6.82. The van der Waals surface area contributed by atoms with Crippen LogP contribution in [0.25, 0.3) is 0 Å². The molecule has 0 spiro atoms. The fraction of sp³-hybridized carbons (Fsp3) is 0.700. The number of hydrogen-bond acceptors (Lipinski definition) is 3. The standard InChI is InChI=1S/C20H30N2O/c1-15-7-2-4-11-19(15)23-20-12-5-3-9-18(20)22-14-13-21-16-8-6-10-17(16)22/h2,4,7,11,16-18,20-21H,3,5-6,8-10,12-14H2,1H3/t16-,17+,18-,20+/m1/s1. The van der Waals surface area contributed by atoms with Crippen LogP contribution in [0.4, 0.5) is 0 Å². The van der Waals surface area contributed by atoms with E-state index in [0.717, 1.165) is 24.4 Å². The van der Waals surface area contributed by atoms with Gasteiger partial charge in [0.1, 0.15) is 11.9 Å². The van der Waals surface area contributed by atoms with Crippen LogP contribution < -0.4 is 10.1 Å². The van der Waals surface area contributed by atoms with Crippen molar-refractivity contribution in [2.24, 2.45) is 0 Å². The van der Waals surface area contributed by atoms with Crippen LogP contribution in [0.5, 0.6) is 5.75 Å². The molecule has 4 rings (SSSR count). The summed E-state index contributed by atoms with van der Waals surface area (Å²) in [4.78, 5) is 2.82. The Labute approximate surface area is 140 Å². The lowest BCUT2D eigenvalue weighted by Gasteiger charge is -2.47. The van der Waals surface area contributed by atoms with Gasteiger partial charge in [0.05, 0.1) is 0 Å². The van der Waals surface area contributed by atoms with Crippen LogP contribution in [0.15, 0.2) is 24.3 Å². The van der Waals surface area contributed by atoms with Gasteiger partial charge in [0.2, 0.25) is 0 Å². The molecule has 0 radical (unpaired) electrons. The van der Waals surface area contributed by atoms with E-state index in [9.17, 15) is 0 Å². The van der Waals surface area contributed by atoms with E-state index in [0.29, 0.717) is 12.1 Å². The van der Waals surface area contributed by atoms with Crippen molar-refractivity contribution in [3.05, 3.63) is 29.8 Å². The lowest BCUT2D eigenvalue weighted by Crippen LogP contribution is -2.62. The molecule has 1 aromatic rings. The number of piperazine rings is 1. The summed E-state index contributed by atoms with van der Waals surface area (Å²) in [6.45, 7) is 4.50. The van der Waals surface area contributed by atoms with Gasteiger partial charge in [0.25, 0.3) is 0 Å². The molecule has 0 unspecified atom stereocenters. The van der Waals surface area contributed by atoms with E-state index >= 15 is 0 Å². The number of rotatable bonds is 3. The van der Waals surface area contributed by atoms with Crippen molar-refractivity contribution in [3.8, 4) is 5.75 Å². The van der Waals surface area contributed by atoms with Crippen LogP contribution in [0.1, 0.15) is 50.5 Å². The highest BCUT2D eigenvalue weighted by Gasteiger charge is 2.41. The molecular weight excluding hydrogens is 284 g/mol. The van der Waals surface area contributed by atoms with E-state index in [-0.39, 0.29) is 0 Å². The molecule has 1 aromatic carbocycles. The zero-order valence-corrected chi connectivity index (χ0v) is 14.3. The number of aryl methyl sites for hydroxylation is 1. The summed E-state index contributed by atoms with van der Waals surface area (Å²) in [5.41, 5.74) is 1.26. The summed E-state index contributed by atoms with van der Waals surface area (Å²) in [5.74, 6) is 1.09. The number of para-hydroxylation sites is 1. The zero-order valence-electron chi connectivity index (χ0n) is 14.3. The van der Waals surface area contributed by atoms with E-state index in [1.54, 1.807) is 0 Å². The molecule has 1 aliphatic heterocycles. The summed E-state index contributed by atoms with van der Waals surface area (Å²) >= 11 is 0. The highest BCUT2D eigenvalue weighted by Crippen LogP contribution is 2.34. The van der Waals surface area contributed by atoms with Crippen molar-refractivity contribution >= 4 is 0 Å². The van der Waals surface area contributed by atoms with Crippen molar-refractivity contribution < 1.29 is 4.74 Å². The van der Waals surface area contributed by atoms with Crippen molar-refractivity contribution in [3.63, 3.8) is 0 Å². The number of hydrogen-bond donors (Lipinski definition) is 1. The maximum absolute atomic E-state index is 6.54. The lowest BCUT2D eigenvalue weighted by molar-refractivity contribution is -0.00517. The first-order valence-electron chi connectivity index (χ1n) is 9.54.